The van der Waals surface area contributed by atoms with E-state index in [1.165, 1.54) is 6.92 Å². The van der Waals surface area contributed by atoms with E-state index < -0.39 is 29.9 Å². The first-order chi connectivity index (χ1) is 15.0. The van der Waals surface area contributed by atoms with Crippen molar-refractivity contribution >= 4 is 30.0 Å². The van der Waals surface area contributed by atoms with Crippen LogP contribution in [0.4, 0.5) is 0 Å². The molecule has 10 nitrogen and oxygen atoms in total. The van der Waals surface area contributed by atoms with Gasteiger partial charge in [0.1, 0.15) is 18.4 Å². The number of hydrogen-bond acceptors (Lipinski definition) is 5. The SMILES string of the molecule is CC(=O)N[C@@H](CCC(C)C)C(=O)N[C@@H](CCC(C)C)C(=O)N[C@H](C=O)CCCN=C(N)N. The molecule has 0 saturated heterocycles. The highest BCUT2D eigenvalue weighted by atomic mass is 16.2. The summed E-state index contributed by atoms with van der Waals surface area (Å²) >= 11 is 0. The average molecular weight is 455 g/mol. The number of aliphatic imine (C=N–C) groups is 1. The van der Waals surface area contributed by atoms with E-state index in [1.54, 1.807) is 0 Å². The van der Waals surface area contributed by atoms with Gasteiger partial charge in [-0.3, -0.25) is 19.4 Å². The molecule has 10 heteroatoms. The van der Waals surface area contributed by atoms with Crippen molar-refractivity contribution in [1.82, 2.24) is 16.0 Å². The van der Waals surface area contributed by atoms with Gasteiger partial charge in [0.25, 0.3) is 0 Å². The average Bonchev–Trinajstić information content (AvgIpc) is 2.69. The van der Waals surface area contributed by atoms with Crippen LogP contribution >= 0.6 is 0 Å². The van der Waals surface area contributed by atoms with Gasteiger partial charge < -0.3 is 32.2 Å². The second kappa shape index (κ2) is 16.0. The Bertz CT molecular complexity index is 632. The molecular formula is C22H42N6O4. The molecule has 184 valence electrons. The predicted octanol–water partition coefficient (Wildman–Crippen LogP) is 0.586. The van der Waals surface area contributed by atoms with Gasteiger partial charge in [0, 0.05) is 13.5 Å². The second-order valence-corrected chi connectivity index (χ2v) is 8.96. The third-order valence-corrected chi connectivity index (χ3v) is 4.85. The van der Waals surface area contributed by atoms with Crippen LogP contribution in [0.1, 0.15) is 73.1 Å². The standard InChI is InChI=1S/C22H42N6O4/c1-14(2)8-10-18(26-16(5)30)21(32)28-19(11-9-15(3)4)20(31)27-17(13-29)7-6-12-25-22(23)24/h13-15,17-19H,6-12H2,1-5H3,(H,26,30)(H,27,31)(H,28,32)(H4,23,24,25)/t17-,18-,19-/m0/s1. The van der Waals surface area contributed by atoms with Crippen molar-refractivity contribution in [2.24, 2.45) is 28.3 Å². The Morgan fingerprint density at radius 1 is 0.812 bits per heavy atom. The van der Waals surface area contributed by atoms with Crippen molar-refractivity contribution in [3.8, 4) is 0 Å². The third kappa shape index (κ3) is 14.4. The van der Waals surface area contributed by atoms with Gasteiger partial charge >= 0.3 is 0 Å². The minimum Gasteiger partial charge on any atom is -0.370 e. The number of nitrogens with one attached hydrogen (secondary N) is 3. The van der Waals surface area contributed by atoms with Crippen LogP contribution in [0.2, 0.25) is 0 Å². The molecule has 0 spiro atoms. The lowest BCUT2D eigenvalue weighted by molar-refractivity contribution is -0.132. The summed E-state index contributed by atoms with van der Waals surface area (Å²) in [5.74, 6) is -0.469. The summed E-state index contributed by atoms with van der Waals surface area (Å²) in [6.07, 6.45) is 3.92. The van der Waals surface area contributed by atoms with Gasteiger partial charge in [-0.05, 0) is 50.4 Å². The Morgan fingerprint density at radius 2 is 1.31 bits per heavy atom. The Hall–Kier alpha value is -2.65. The zero-order valence-electron chi connectivity index (χ0n) is 20.1. The van der Waals surface area contributed by atoms with E-state index in [-0.39, 0.29) is 11.9 Å². The van der Waals surface area contributed by atoms with Crippen LogP contribution in [0.5, 0.6) is 0 Å². The highest BCUT2D eigenvalue weighted by molar-refractivity contribution is 5.92. The van der Waals surface area contributed by atoms with Crippen LogP contribution in [-0.4, -0.2) is 54.6 Å². The lowest BCUT2D eigenvalue weighted by Gasteiger charge is -2.25. The van der Waals surface area contributed by atoms with Gasteiger partial charge in [0.15, 0.2) is 5.96 Å². The fraction of sp³-hybridized carbons (Fsp3) is 0.773. The maximum absolute atomic E-state index is 12.9. The number of aldehydes is 1. The fourth-order valence-corrected chi connectivity index (χ4v) is 3.03. The summed E-state index contributed by atoms with van der Waals surface area (Å²) in [5, 5.41) is 8.14. The zero-order valence-corrected chi connectivity index (χ0v) is 20.1. The van der Waals surface area contributed by atoms with Gasteiger partial charge in [-0.25, -0.2) is 0 Å². The van der Waals surface area contributed by atoms with E-state index in [2.05, 4.69) is 20.9 Å². The number of nitrogens with zero attached hydrogens (tertiary/aromatic N) is 1. The van der Waals surface area contributed by atoms with E-state index in [4.69, 9.17) is 11.5 Å². The minimum absolute atomic E-state index is 0.0284. The molecule has 32 heavy (non-hydrogen) atoms. The van der Waals surface area contributed by atoms with Crippen molar-refractivity contribution < 1.29 is 19.2 Å². The van der Waals surface area contributed by atoms with Gasteiger partial charge in [0.2, 0.25) is 17.7 Å². The number of nitrogens with two attached hydrogens (primary N) is 2. The third-order valence-electron chi connectivity index (χ3n) is 4.85. The molecule has 0 radical (unpaired) electrons. The molecule has 0 aliphatic rings. The van der Waals surface area contributed by atoms with Crippen LogP contribution in [0.3, 0.4) is 0 Å². The summed E-state index contributed by atoms with van der Waals surface area (Å²) in [6.45, 7) is 9.83. The molecule has 0 fully saturated rings. The Labute approximate surface area is 191 Å². The molecule has 3 atom stereocenters. The van der Waals surface area contributed by atoms with Crippen LogP contribution in [0.25, 0.3) is 0 Å². The van der Waals surface area contributed by atoms with E-state index in [0.717, 1.165) is 6.42 Å². The number of hydrogen-bond donors (Lipinski definition) is 5. The van der Waals surface area contributed by atoms with Gasteiger partial charge in [-0.15, -0.1) is 0 Å². The summed E-state index contributed by atoms with van der Waals surface area (Å²) in [4.78, 5) is 52.6. The fourth-order valence-electron chi connectivity index (χ4n) is 3.03. The predicted molar refractivity (Wildman–Crippen MR) is 126 cm³/mol. The Balaban J connectivity index is 5.18. The normalized spacial score (nSPS) is 13.7. The first-order valence-corrected chi connectivity index (χ1v) is 11.3. The molecule has 3 amide bonds. The molecule has 0 aliphatic carbocycles. The van der Waals surface area contributed by atoms with E-state index in [9.17, 15) is 19.2 Å². The molecule has 0 aromatic rings. The lowest BCUT2D eigenvalue weighted by Crippen LogP contribution is -2.55. The van der Waals surface area contributed by atoms with E-state index in [0.29, 0.717) is 56.8 Å². The summed E-state index contributed by atoms with van der Waals surface area (Å²) in [6, 6.07) is -2.23. The molecule has 0 bridgehead atoms. The first-order valence-electron chi connectivity index (χ1n) is 11.3. The van der Waals surface area contributed by atoms with Crippen molar-refractivity contribution in [2.75, 3.05) is 6.54 Å². The molecule has 0 heterocycles. The van der Waals surface area contributed by atoms with Crippen LogP contribution in [0, 0.1) is 11.8 Å². The number of rotatable bonds is 16. The van der Waals surface area contributed by atoms with E-state index in [1.807, 2.05) is 27.7 Å². The lowest BCUT2D eigenvalue weighted by atomic mass is 10.00. The van der Waals surface area contributed by atoms with Crippen LogP contribution in [-0.2, 0) is 19.2 Å². The van der Waals surface area contributed by atoms with Crippen molar-refractivity contribution in [2.45, 2.75) is 91.3 Å². The molecule has 0 aliphatic heterocycles. The van der Waals surface area contributed by atoms with Crippen LogP contribution < -0.4 is 27.4 Å². The molecule has 0 unspecified atom stereocenters. The van der Waals surface area contributed by atoms with Gasteiger partial charge in [0.05, 0.1) is 6.04 Å². The molecule has 0 aromatic heterocycles. The number of carbonyl (C=O) groups is 4. The topological polar surface area (TPSA) is 169 Å². The summed E-state index contributed by atoms with van der Waals surface area (Å²) < 4.78 is 0. The maximum atomic E-state index is 12.9. The zero-order chi connectivity index (χ0) is 24.7. The monoisotopic (exact) mass is 454 g/mol. The van der Waals surface area contributed by atoms with Crippen molar-refractivity contribution in [3.05, 3.63) is 0 Å². The van der Waals surface area contributed by atoms with Gasteiger partial charge in [-0.2, -0.15) is 0 Å². The number of guanidine groups is 1. The largest absolute Gasteiger partial charge is 0.370 e. The number of carbonyl (C=O) groups excluding carboxylic acids is 4. The maximum Gasteiger partial charge on any atom is 0.243 e. The van der Waals surface area contributed by atoms with Crippen LogP contribution in [0.15, 0.2) is 4.99 Å². The Kier molecular flexibility index (Phi) is 14.7. The van der Waals surface area contributed by atoms with Crippen molar-refractivity contribution in [3.63, 3.8) is 0 Å². The highest BCUT2D eigenvalue weighted by Crippen LogP contribution is 2.11. The van der Waals surface area contributed by atoms with Gasteiger partial charge in [-0.1, -0.05) is 27.7 Å². The minimum atomic E-state index is -0.805. The molecule has 7 N–H and O–H groups in total. The highest BCUT2D eigenvalue weighted by Gasteiger charge is 2.27. The smallest absolute Gasteiger partial charge is 0.243 e. The summed E-state index contributed by atoms with van der Waals surface area (Å²) in [5.41, 5.74) is 10.6. The Morgan fingerprint density at radius 3 is 1.75 bits per heavy atom. The number of amides is 3. The first kappa shape index (κ1) is 29.4. The summed E-state index contributed by atoms with van der Waals surface area (Å²) in [7, 11) is 0. The molecule has 0 rings (SSSR count). The molecular weight excluding hydrogens is 412 g/mol. The molecule has 0 aromatic carbocycles. The quantitative estimate of drug-likeness (QED) is 0.0989. The second-order valence-electron chi connectivity index (χ2n) is 8.96. The molecule has 0 saturated carbocycles. The van der Waals surface area contributed by atoms with E-state index >= 15 is 0 Å². The van der Waals surface area contributed by atoms with Crippen molar-refractivity contribution in [1.29, 1.82) is 0 Å².